The lowest BCUT2D eigenvalue weighted by Crippen LogP contribution is -2.39. The second-order valence-corrected chi connectivity index (χ2v) is 9.66. The number of hydrogen-bond donors (Lipinski definition) is 3. The Hall–Kier alpha value is -5.43. The van der Waals surface area contributed by atoms with Gasteiger partial charge in [-0.05, 0) is 22.3 Å². The molecule has 2 heterocycles. The third-order valence-electron chi connectivity index (χ3n) is 7.09. The van der Waals surface area contributed by atoms with Gasteiger partial charge < -0.3 is 15.1 Å². The molecule has 6 rings (SSSR count). The van der Waals surface area contributed by atoms with Crippen molar-refractivity contribution in [3.05, 3.63) is 166 Å². The van der Waals surface area contributed by atoms with Gasteiger partial charge in [-0.15, -0.1) is 0 Å². The molecule has 202 valence electrons. The first-order valence-corrected chi connectivity index (χ1v) is 13.5. The van der Waals surface area contributed by atoms with Crippen molar-refractivity contribution in [1.29, 1.82) is 0 Å². The van der Waals surface area contributed by atoms with Crippen molar-refractivity contribution in [2.24, 2.45) is 5.16 Å². The molecule has 3 N–H and O–H groups in total. The Morgan fingerprint density at radius 2 is 1.32 bits per heavy atom. The quantitative estimate of drug-likeness (QED) is 0.0830. The largest absolute Gasteiger partial charge is 0.395 e. The summed E-state index contributed by atoms with van der Waals surface area (Å²) in [6.07, 6.45) is 3.99. The van der Waals surface area contributed by atoms with Crippen molar-refractivity contribution in [3.63, 3.8) is 0 Å². The zero-order valence-corrected chi connectivity index (χ0v) is 22.3. The van der Waals surface area contributed by atoms with Gasteiger partial charge in [0.25, 0.3) is 5.56 Å². The predicted molar refractivity (Wildman–Crippen MR) is 163 cm³/mol. The number of fused-ring (bicyclic) bond motifs is 1. The Kier molecular flexibility index (Phi) is 7.40. The summed E-state index contributed by atoms with van der Waals surface area (Å²) in [6.45, 7) is 0.437. The molecule has 0 aliphatic carbocycles. The first kappa shape index (κ1) is 25.8. The van der Waals surface area contributed by atoms with Crippen LogP contribution in [0.25, 0.3) is 11.0 Å². The summed E-state index contributed by atoms with van der Waals surface area (Å²) in [5, 5.41) is 8.11. The van der Waals surface area contributed by atoms with Crippen molar-refractivity contribution < 1.29 is 4.84 Å². The van der Waals surface area contributed by atoms with E-state index in [9.17, 15) is 4.79 Å². The second-order valence-electron chi connectivity index (χ2n) is 9.66. The maximum absolute atomic E-state index is 13.4. The van der Waals surface area contributed by atoms with E-state index < -0.39 is 5.54 Å². The van der Waals surface area contributed by atoms with Gasteiger partial charge in [-0.3, -0.25) is 9.78 Å². The summed E-state index contributed by atoms with van der Waals surface area (Å²) in [5.74, 6) is 0.337. The SMILES string of the molecule is O=c1[nH]c(NC(c2ccccc2)(c2ccccc2)c2ccccc2)nc2[nH]cc(C=NOCCc3ccccc3)c12. The molecule has 7 heteroatoms. The number of aromatic nitrogens is 3. The summed E-state index contributed by atoms with van der Waals surface area (Å²) in [4.78, 5) is 29.7. The maximum Gasteiger partial charge on any atom is 0.262 e. The highest BCUT2D eigenvalue weighted by Crippen LogP contribution is 2.39. The molecule has 0 spiro atoms. The van der Waals surface area contributed by atoms with Gasteiger partial charge in [-0.25, -0.2) is 0 Å². The van der Waals surface area contributed by atoms with Gasteiger partial charge in [-0.1, -0.05) is 126 Å². The fourth-order valence-electron chi connectivity index (χ4n) is 5.14. The van der Waals surface area contributed by atoms with E-state index in [2.05, 4.69) is 56.8 Å². The monoisotopic (exact) mass is 539 g/mol. The van der Waals surface area contributed by atoms with E-state index in [0.29, 0.717) is 29.2 Å². The van der Waals surface area contributed by atoms with E-state index >= 15 is 0 Å². The molecular weight excluding hydrogens is 510 g/mol. The van der Waals surface area contributed by atoms with Gasteiger partial charge in [0.1, 0.15) is 17.8 Å². The van der Waals surface area contributed by atoms with E-state index in [4.69, 9.17) is 9.82 Å². The van der Waals surface area contributed by atoms with E-state index in [1.807, 2.05) is 84.9 Å². The van der Waals surface area contributed by atoms with Crippen molar-refractivity contribution >= 4 is 23.2 Å². The van der Waals surface area contributed by atoms with Crippen LogP contribution in [-0.4, -0.2) is 27.8 Å². The summed E-state index contributed by atoms with van der Waals surface area (Å²) in [6, 6.07) is 40.5. The molecule has 0 bridgehead atoms. The fourth-order valence-corrected chi connectivity index (χ4v) is 5.14. The smallest absolute Gasteiger partial charge is 0.262 e. The van der Waals surface area contributed by atoms with E-state index in [-0.39, 0.29) is 5.56 Å². The lowest BCUT2D eigenvalue weighted by atomic mass is 9.77. The van der Waals surface area contributed by atoms with Crippen LogP contribution in [0.3, 0.4) is 0 Å². The molecule has 0 aliphatic heterocycles. The Morgan fingerprint density at radius 3 is 1.88 bits per heavy atom. The summed E-state index contributed by atoms with van der Waals surface area (Å²) in [7, 11) is 0. The first-order chi connectivity index (χ1) is 20.2. The number of nitrogens with one attached hydrogen (secondary N) is 3. The predicted octanol–water partition coefficient (Wildman–Crippen LogP) is 6.25. The first-order valence-electron chi connectivity index (χ1n) is 13.5. The van der Waals surface area contributed by atoms with Crippen LogP contribution in [-0.2, 0) is 16.8 Å². The number of anilines is 1. The average molecular weight is 540 g/mol. The van der Waals surface area contributed by atoms with Gasteiger partial charge in [-0.2, -0.15) is 4.98 Å². The van der Waals surface area contributed by atoms with Gasteiger partial charge in [0, 0.05) is 18.2 Å². The third-order valence-corrected chi connectivity index (χ3v) is 7.09. The molecule has 0 fully saturated rings. The van der Waals surface area contributed by atoms with Crippen molar-refractivity contribution in [3.8, 4) is 0 Å². The van der Waals surface area contributed by atoms with Crippen LogP contribution in [0.15, 0.2) is 137 Å². The normalized spacial score (nSPS) is 11.6. The number of H-pyrrole nitrogens is 2. The van der Waals surface area contributed by atoms with Crippen LogP contribution in [0.4, 0.5) is 5.95 Å². The van der Waals surface area contributed by atoms with Crippen LogP contribution in [0, 0.1) is 0 Å². The number of aromatic amines is 2. The zero-order valence-electron chi connectivity index (χ0n) is 22.3. The van der Waals surface area contributed by atoms with Crippen molar-refractivity contribution in [2.75, 3.05) is 11.9 Å². The van der Waals surface area contributed by atoms with Gasteiger partial charge in [0.05, 0.1) is 11.6 Å². The molecule has 0 atom stereocenters. The minimum atomic E-state index is -0.823. The minimum Gasteiger partial charge on any atom is -0.395 e. The van der Waals surface area contributed by atoms with Crippen LogP contribution < -0.4 is 10.9 Å². The molecular formula is C34H29N5O2. The van der Waals surface area contributed by atoms with E-state index in [0.717, 1.165) is 23.1 Å². The summed E-state index contributed by atoms with van der Waals surface area (Å²) < 4.78 is 0. The minimum absolute atomic E-state index is 0.285. The molecule has 4 aromatic carbocycles. The standard InChI is InChI=1S/C34H29N5O2/c40-32-30-26(24-36-41-22-21-25-13-5-1-6-14-25)23-35-31(30)37-33(38-32)39-34(27-15-7-2-8-16-27,28-17-9-3-10-18-28)29-19-11-4-12-20-29/h1-20,23-24H,21-22H2,(H3,35,37,38,39,40). The van der Waals surface area contributed by atoms with Crippen LogP contribution >= 0.6 is 0 Å². The Morgan fingerprint density at radius 1 is 0.780 bits per heavy atom. The number of nitrogens with zero attached hydrogens (tertiary/aromatic N) is 2. The lowest BCUT2D eigenvalue weighted by Gasteiger charge is -2.37. The Balaban J connectivity index is 1.34. The molecule has 6 aromatic rings. The molecule has 0 amide bonds. The number of oxime groups is 1. The number of benzene rings is 4. The molecule has 2 aromatic heterocycles. The zero-order chi connectivity index (χ0) is 27.9. The lowest BCUT2D eigenvalue weighted by molar-refractivity contribution is 0.149. The molecule has 0 aliphatic rings. The highest BCUT2D eigenvalue weighted by atomic mass is 16.6. The number of rotatable bonds is 10. The average Bonchev–Trinajstić information content (AvgIpc) is 3.45. The molecule has 0 unspecified atom stereocenters. The van der Waals surface area contributed by atoms with Crippen molar-refractivity contribution in [2.45, 2.75) is 12.0 Å². The Bertz CT molecular complexity index is 1700. The fraction of sp³-hybridized carbons (Fsp3) is 0.0882. The molecule has 0 saturated carbocycles. The highest BCUT2D eigenvalue weighted by molar-refractivity contribution is 5.97. The summed E-state index contributed by atoms with van der Waals surface area (Å²) >= 11 is 0. The second kappa shape index (κ2) is 11.8. The molecule has 7 nitrogen and oxygen atoms in total. The van der Waals surface area contributed by atoms with Gasteiger partial charge in [0.15, 0.2) is 0 Å². The maximum atomic E-state index is 13.4. The van der Waals surface area contributed by atoms with E-state index in [1.165, 1.54) is 11.8 Å². The van der Waals surface area contributed by atoms with Crippen LogP contribution in [0.1, 0.15) is 27.8 Å². The number of hydrogen-bond acceptors (Lipinski definition) is 5. The molecule has 41 heavy (non-hydrogen) atoms. The highest BCUT2D eigenvalue weighted by Gasteiger charge is 2.37. The van der Waals surface area contributed by atoms with Gasteiger partial charge in [0.2, 0.25) is 5.95 Å². The van der Waals surface area contributed by atoms with Crippen molar-refractivity contribution in [1.82, 2.24) is 15.0 Å². The Labute approximate surface area is 237 Å². The van der Waals surface area contributed by atoms with E-state index in [1.54, 1.807) is 6.20 Å². The topological polar surface area (TPSA) is 95.2 Å². The van der Waals surface area contributed by atoms with Gasteiger partial charge >= 0.3 is 0 Å². The third kappa shape index (κ3) is 5.38. The van der Waals surface area contributed by atoms with Crippen LogP contribution in [0.2, 0.25) is 0 Å². The molecule has 0 saturated heterocycles. The summed E-state index contributed by atoms with van der Waals surface area (Å²) in [5.41, 5.74) is 4.13. The van der Waals surface area contributed by atoms with Crippen LogP contribution in [0.5, 0.6) is 0 Å². The molecule has 0 radical (unpaired) electrons.